The summed E-state index contributed by atoms with van der Waals surface area (Å²) in [7, 11) is 3.36. The highest BCUT2D eigenvalue weighted by Crippen LogP contribution is 2.35. The summed E-state index contributed by atoms with van der Waals surface area (Å²) in [6.45, 7) is 4.43. The maximum absolute atomic E-state index is 12.0. The fraction of sp³-hybridized carbons (Fsp3) is 0.294. The molecular weight excluding hydrogens is 324 g/mol. The van der Waals surface area contributed by atoms with Gasteiger partial charge >= 0.3 is 5.97 Å². The molecular formula is C17H18N4O2S. The number of carbonyl (C=O) groups excluding carboxylic acids is 1. The molecule has 0 aliphatic rings. The Balaban J connectivity index is 2.09. The standard InChI is InChI=1S/C17H18N4O2S/c1-10-13-15(21(3)9-12-6-5-7-18-8-12)19-11(2)20-16(13)24-14(10)17(22)23-4/h5-8H,9H2,1-4H3. The van der Waals surface area contributed by atoms with E-state index in [0.29, 0.717) is 17.2 Å². The predicted molar refractivity (Wildman–Crippen MR) is 94.6 cm³/mol. The van der Waals surface area contributed by atoms with E-state index in [1.54, 1.807) is 6.20 Å². The molecule has 0 spiro atoms. The minimum absolute atomic E-state index is 0.339. The number of hydrogen-bond donors (Lipinski definition) is 0. The van der Waals surface area contributed by atoms with E-state index in [0.717, 1.165) is 27.2 Å². The molecule has 6 nitrogen and oxygen atoms in total. The average molecular weight is 342 g/mol. The molecule has 3 aromatic heterocycles. The number of ether oxygens (including phenoxy) is 1. The molecule has 0 aliphatic heterocycles. The third kappa shape index (κ3) is 2.94. The minimum atomic E-state index is -0.339. The van der Waals surface area contributed by atoms with Crippen LogP contribution in [0.15, 0.2) is 24.5 Å². The van der Waals surface area contributed by atoms with Crippen molar-refractivity contribution in [2.45, 2.75) is 20.4 Å². The van der Waals surface area contributed by atoms with Gasteiger partial charge in [0, 0.05) is 26.0 Å². The molecule has 0 saturated heterocycles. The number of anilines is 1. The van der Waals surface area contributed by atoms with E-state index < -0.39 is 0 Å². The summed E-state index contributed by atoms with van der Waals surface area (Å²) >= 11 is 1.34. The number of aryl methyl sites for hydroxylation is 2. The van der Waals surface area contributed by atoms with Crippen LogP contribution in [-0.4, -0.2) is 35.1 Å². The van der Waals surface area contributed by atoms with Crippen LogP contribution in [0.1, 0.15) is 26.6 Å². The van der Waals surface area contributed by atoms with Crippen LogP contribution < -0.4 is 4.90 Å². The lowest BCUT2D eigenvalue weighted by atomic mass is 10.2. The first-order valence-corrected chi connectivity index (χ1v) is 8.29. The van der Waals surface area contributed by atoms with Crippen molar-refractivity contribution in [1.29, 1.82) is 0 Å². The lowest BCUT2D eigenvalue weighted by molar-refractivity contribution is 0.0605. The Bertz CT molecular complexity index is 892. The third-order valence-electron chi connectivity index (χ3n) is 3.76. The second kappa shape index (κ2) is 6.52. The first kappa shape index (κ1) is 16.3. The van der Waals surface area contributed by atoms with Crippen molar-refractivity contribution in [2.24, 2.45) is 0 Å². The fourth-order valence-electron chi connectivity index (χ4n) is 2.63. The Morgan fingerprint density at radius 2 is 2.12 bits per heavy atom. The molecule has 0 radical (unpaired) electrons. The van der Waals surface area contributed by atoms with Crippen molar-refractivity contribution < 1.29 is 9.53 Å². The van der Waals surface area contributed by atoms with Crippen LogP contribution in [0.3, 0.4) is 0 Å². The summed E-state index contributed by atoms with van der Waals surface area (Å²) in [5.41, 5.74) is 1.94. The third-order valence-corrected chi connectivity index (χ3v) is 4.92. The zero-order chi connectivity index (χ0) is 17.3. The van der Waals surface area contributed by atoms with E-state index in [1.807, 2.05) is 39.2 Å². The molecule has 0 unspecified atom stereocenters. The molecule has 0 amide bonds. The van der Waals surface area contributed by atoms with E-state index in [-0.39, 0.29) is 5.97 Å². The molecule has 24 heavy (non-hydrogen) atoms. The second-order valence-corrected chi connectivity index (χ2v) is 6.54. The Hall–Kier alpha value is -2.54. The van der Waals surface area contributed by atoms with E-state index in [1.165, 1.54) is 18.4 Å². The van der Waals surface area contributed by atoms with E-state index in [4.69, 9.17) is 4.74 Å². The van der Waals surface area contributed by atoms with Crippen LogP contribution >= 0.6 is 11.3 Å². The topological polar surface area (TPSA) is 68.2 Å². The van der Waals surface area contributed by atoms with Gasteiger partial charge in [-0.2, -0.15) is 0 Å². The van der Waals surface area contributed by atoms with Crippen molar-refractivity contribution in [3.8, 4) is 0 Å². The fourth-order valence-corrected chi connectivity index (χ4v) is 3.76. The summed E-state index contributed by atoms with van der Waals surface area (Å²) in [6.07, 6.45) is 3.59. The number of fused-ring (bicyclic) bond motifs is 1. The van der Waals surface area contributed by atoms with Gasteiger partial charge in [-0.3, -0.25) is 4.98 Å². The van der Waals surface area contributed by atoms with Crippen LogP contribution in [0.5, 0.6) is 0 Å². The van der Waals surface area contributed by atoms with Gasteiger partial charge in [-0.1, -0.05) is 6.07 Å². The van der Waals surface area contributed by atoms with Gasteiger partial charge < -0.3 is 9.64 Å². The molecule has 0 atom stereocenters. The van der Waals surface area contributed by atoms with Crippen molar-refractivity contribution in [3.05, 3.63) is 46.4 Å². The summed E-state index contributed by atoms with van der Waals surface area (Å²) in [4.78, 5) is 28.6. The van der Waals surface area contributed by atoms with Crippen molar-refractivity contribution in [3.63, 3.8) is 0 Å². The van der Waals surface area contributed by atoms with Crippen LogP contribution in [0, 0.1) is 13.8 Å². The largest absolute Gasteiger partial charge is 0.465 e. The number of thiophene rings is 1. The van der Waals surface area contributed by atoms with Crippen molar-refractivity contribution in [1.82, 2.24) is 15.0 Å². The van der Waals surface area contributed by atoms with Gasteiger partial charge in [0.1, 0.15) is 21.3 Å². The lowest BCUT2D eigenvalue weighted by Gasteiger charge is -2.19. The van der Waals surface area contributed by atoms with Crippen LogP contribution in [0.4, 0.5) is 5.82 Å². The summed E-state index contributed by atoms with van der Waals surface area (Å²) in [6, 6.07) is 3.93. The van der Waals surface area contributed by atoms with Crippen LogP contribution in [-0.2, 0) is 11.3 Å². The van der Waals surface area contributed by atoms with E-state index in [2.05, 4.69) is 19.9 Å². The van der Waals surface area contributed by atoms with Gasteiger partial charge in [0.25, 0.3) is 0 Å². The highest BCUT2D eigenvalue weighted by Gasteiger charge is 2.22. The number of rotatable bonds is 4. The summed E-state index contributed by atoms with van der Waals surface area (Å²) in [5.74, 6) is 1.15. The highest BCUT2D eigenvalue weighted by atomic mass is 32.1. The second-order valence-electron chi connectivity index (χ2n) is 5.54. The predicted octanol–water partition coefficient (Wildman–Crippen LogP) is 3.13. The van der Waals surface area contributed by atoms with Gasteiger partial charge in [-0.05, 0) is 31.0 Å². The first-order chi connectivity index (χ1) is 11.5. The number of methoxy groups -OCH3 is 1. The van der Waals surface area contributed by atoms with Crippen molar-refractivity contribution in [2.75, 3.05) is 19.1 Å². The zero-order valence-electron chi connectivity index (χ0n) is 14.0. The van der Waals surface area contributed by atoms with E-state index in [9.17, 15) is 4.79 Å². The molecule has 0 aliphatic carbocycles. The van der Waals surface area contributed by atoms with E-state index >= 15 is 0 Å². The molecule has 0 fully saturated rings. The van der Waals surface area contributed by atoms with Gasteiger partial charge in [-0.25, -0.2) is 14.8 Å². The zero-order valence-corrected chi connectivity index (χ0v) is 14.8. The molecule has 3 heterocycles. The Morgan fingerprint density at radius 3 is 2.79 bits per heavy atom. The van der Waals surface area contributed by atoms with Gasteiger partial charge in [-0.15, -0.1) is 11.3 Å². The van der Waals surface area contributed by atoms with Gasteiger partial charge in [0.2, 0.25) is 0 Å². The smallest absolute Gasteiger partial charge is 0.348 e. The molecule has 0 aromatic carbocycles. The molecule has 3 rings (SSSR count). The maximum Gasteiger partial charge on any atom is 0.348 e. The monoisotopic (exact) mass is 342 g/mol. The molecule has 0 bridgehead atoms. The van der Waals surface area contributed by atoms with Crippen LogP contribution in [0.2, 0.25) is 0 Å². The lowest BCUT2D eigenvalue weighted by Crippen LogP contribution is -2.19. The first-order valence-electron chi connectivity index (χ1n) is 7.47. The molecule has 124 valence electrons. The number of carbonyl (C=O) groups is 1. The Morgan fingerprint density at radius 1 is 1.33 bits per heavy atom. The quantitative estimate of drug-likeness (QED) is 0.679. The molecule has 7 heteroatoms. The molecule has 3 aromatic rings. The average Bonchev–Trinajstić information content (AvgIpc) is 2.91. The number of esters is 1. The number of pyridine rings is 1. The summed E-state index contributed by atoms with van der Waals surface area (Å²) < 4.78 is 4.87. The number of aromatic nitrogens is 3. The summed E-state index contributed by atoms with van der Waals surface area (Å²) in [5, 5.41) is 0.900. The molecule has 0 N–H and O–H groups in total. The Labute approximate surface area is 144 Å². The van der Waals surface area contributed by atoms with Crippen molar-refractivity contribution >= 4 is 33.3 Å². The molecule has 0 saturated carbocycles. The normalized spacial score (nSPS) is 10.8. The van der Waals surface area contributed by atoms with Gasteiger partial charge in [0.05, 0.1) is 12.5 Å². The van der Waals surface area contributed by atoms with Crippen LogP contribution in [0.25, 0.3) is 10.2 Å². The Kier molecular flexibility index (Phi) is 4.44. The number of hydrogen-bond acceptors (Lipinski definition) is 7. The van der Waals surface area contributed by atoms with Gasteiger partial charge in [0.15, 0.2) is 0 Å². The SMILES string of the molecule is COC(=O)c1sc2nc(C)nc(N(C)Cc3cccnc3)c2c1C. The maximum atomic E-state index is 12.0. The minimum Gasteiger partial charge on any atom is -0.465 e. The highest BCUT2D eigenvalue weighted by molar-refractivity contribution is 7.20. The number of nitrogens with zero attached hydrogens (tertiary/aromatic N) is 4.